The van der Waals surface area contributed by atoms with Gasteiger partial charge in [0, 0.05) is 12.1 Å². The molecule has 17 heavy (non-hydrogen) atoms. The lowest BCUT2D eigenvalue weighted by atomic mass is 10.3. The summed E-state index contributed by atoms with van der Waals surface area (Å²) in [6, 6.07) is 5.61. The molecule has 1 saturated heterocycles. The standard InChI is InChI=1S/C10H11NO5S/c12-11(13)8-1-3-9(4-2-8)16-10-5-6-17(14,15)7-10/h1-4,10H,5-7H2/t10-/m1/s1. The van der Waals surface area contributed by atoms with E-state index in [1.165, 1.54) is 24.3 Å². The first-order chi connectivity index (χ1) is 7.96. The molecule has 7 heteroatoms. The zero-order valence-electron chi connectivity index (χ0n) is 8.90. The summed E-state index contributed by atoms with van der Waals surface area (Å²) in [6.45, 7) is 0. The van der Waals surface area contributed by atoms with Crippen LogP contribution >= 0.6 is 0 Å². The molecule has 0 radical (unpaired) electrons. The van der Waals surface area contributed by atoms with E-state index < -0.39 is 14.8 Å². The van der Waals surface area contributed by atoms with Gasteiger partial charge in [-0.3, -0.25) is 10.1 Å². The average Bonchev–Trinajstić information content (AvgIpc) is 2.59. The second kappa shape index (κ2) is 4.33. The van der Waals surface area contributed by atoms with Gasteiger partial charge in [-0.05, 0) is 18.6 Å². The Morgan fingerprint density at radius 1 is 1.29 bits per heavy atom. The van der Waals surface area contributed by atoms with Crippen molar-refractivity contribution < 1.29 is 18.1 Å². The van der Waals surface area contributed by atoms with Crippen LogP contribution in [0.1, 0.15) is 6.42 Å². The Bertz CT molecular complexity index is 522. The highest BCUT2D eigenvalue weighted by Crippen LogP contribution is 2.22. The molecule has 1 atom stereocenters. The molecule has 1 heterocycles. The number of nitro benzene ring substituents is 1. The van der Waals surface area contributed by atoms with Crippen LogP contribution in [-0.2, 0) is 9.84 Å². The fraction of sp³-hybridized carbons (Fsp3) is 0.400. The lowest BCUT2D eigenvalue weighted by Gasteiger charge is -2.11. The van der Waals surface area contributed by atoms with E-state index in [0.29, 0.717) is 12.2 Å². The Morgan fingerprint density at radius 2 is 1.94 bits per heavy atom. The summed E-state index contributed by atoms with van der Waals surface area (Å²) in [4.78, 5) is 9.93. The smallest absolute Gasteiger partial charge is 0.269 e. The van der Waals surface area contributed by atoms with E-state index in [0.717, 1.165) is 0 Å². The molecule has 92 valence electrons. The van der Waals surface area contributed by atoms with Gasteiger partial charge in [-0.15, -0.1) is 0 Å². The summed E-state index contributed by atoms with van der Waals surface area (Å²) < 4.78 is 27.9. The third-order valence-electron chi connectivity index (χ3n) is 2.54. The molecule has 0 aromatic heterocycles. The molecule has 1 aliphatic heterocycles. The molecule has 0 aliphatic carbocycles. The fourth-order valence-electron chi connectivity index (χ4n) is 1.69. The van der Waals surface area contributed by atoms with E-state index in [1.807, 2.05) is 0 Å². The zero-order valence-corrected chi connectivity index (χ0v) is 9.72. The molecule has 1 aromatic carbocycles. The van der Waals surface area contributed by atoms with Crippen LogP contribution in [-0.4, -0.2) is 31.0 Å². The number of benzene rings is 1. The summed E-state index contributed by atoms with van der Waals surface area (Å²) in [5, 5.41) is 10.4. The summed E-state index contributed by atoms with van der Waals surface area (Å²) in [5.74, 6) is 0.618. The van der Waals surface area contributed by atoms with E-state index in [2.05, 4.69) is 0 Å². The first-order valence-corrected chi connectivity index (χ1v) is 6.90. The molecular weight excluding hydrogens is 246 g/mol. The van der Waals surface area contributed by atoms with Crippen LogP contribution in [0.4, 0.5) is 5.69 Å². The van der Waals surface area contributed by atoms with E-state index in [-0.39, 0.29) is 23.3 Å². The fourth-order valence-corrected chi connectivity index (χ4v) is 3.28. The Kier molecular flexibility index (Phi) is 3.01. The molecular formula is C10H11NO5S. The van der Waals surface area contributed by atoms with Gasteiger partial charge in [0.15, 0.2) is 9.84 Å². The third kappa shape index (κ3) is 2.94. The van der Waals surface area contributed by atoms with Crippen molar-refractivity contribution in [2.45, 2.75) is 12.5 Å². The second-order valence-corrected chi connectivity index (χ2v) is 6.12. The van der Waals surface area contributed by atoms with Crippen LogP contribution in [0.5, 0.6) is 5.75 Å². The molecule has 0 bridgehead atoms. The van der Waals surface area contributed by atoms with Gasteiger partial charge in [0.1, 0.15) is 11.9 Å². The van der Waals surface area contributed by atoms with Crippen molar-refractivity contribution in [2.24, 2.45) is 0 Å². The molecule has 0 unspecified atom stereocenters. The Balaban J connectivity index is 2.03. The van der Waals surface area contributed by atoms with Gasteiger partial charge in [0.05, 0.1) is 16.4 Å². The lowest BCUT2D eigenvalue weighted by Crippen LogP contribution is -2.17. The van der Waals surface area contributed by atoms with Crippen molar-refractivity contribution in [1.82, 2.24) is 0 Å². The summed E-state index contributed by atoms with van der Waals surface area (Å²) >= 11 is 0. The van der Waals surface area contributed by atoms with E-state index in [9.17, 15) is 18.5 Å². The minimum Gasteiger partial charge on any atom is -0.489 e. The number of nitro groups is 1. The maximum absolute atomic E-state index is 11.2. The average molecular weight is 257 g/mol. The third-order valence-corrected chi connectivity index (χ3v) is 4.28. The quantitative estimate of drug-likeness (QED) is 0.599. The predicted octanol–water partition coefficient (Wildman–Crippen LogP) is 1.16. The lowest BCUT2D eigenvalue weighted by molar-refractivity contribution is -0.384. The zero-order chi connectivity index (χ0) is 12.5. The molecule has 1 aliphatic rings. The maximum Gasteiger partial charge on any atom is 0.269 e. The minimum absolute atomic E-state index is 0.0172. The van der Waals surface area contributed by atoms with Crippen LogP contribution in [0.15, 0.2) is 24.3 Å². The highest BCUT2D eigenvalue weighted by Gasteiger charge is 2.29. The van der Waals surface area contributed by atoms with Crippen LogP contribution in [0.3, 0.4) is 0 Å². The van der Waals surface area contributed by atoms with Crippen LogP contribution in [0.25, 0.3) is 0 Å². The summed E-state index contributed by atoms with van der Waals surface area (Å²) in [5.41, 5.74) is -0.0172. The molecule has 6 nitrogen and oxygen atoms in total. The molecule has 0 saturated carbocycles. The number of rotatable bonds is 3. The number of nitrogens with zero attached hydrogens (tertiary/aromatic N) is 1. The van der Waals surface area contributed by atoms with Gasteiger partial charge < -0.3 is 4.74 Å². The highest BCUT2D eigenvalue weighted by molar-refractivity contribution is 7.91. The van der Waals surface area contributed by atoms with Crippen molar-refractivity contribution in [3.05, 3.63) is 34.4 Å². The van der Waals surface area contributed by atoms with Crippen molar-refractivity contribution >= 4 is 15.5 Å². The number of non-ortho nitro benzene ring substituents is 1. The Morgan fingerprint density at radius 3 is 2.41 bits per heavy atom. The van der Waals surface area contributed by atoms with Crippen molar-refractivity contribution in [1.29, 1.82) is 0 Å². The largest absolute Gasteiger partial charge is 0.489 e. The summed E-state index contributed by atoms with van der Waals surface area (Å²) in [7, 11) is -2.97. The number of hydrogen-bond acceptors (Lipinski definition) is 5. The van der Waals surface area contributed by atoms with Crippen LogP contribution < -0.4 is 4.74 Å². The van der Waals surface area contributed by atoms with Gasteiger partial charge in [0.25, 0.3) is 5.69 Å². The topological polar surface area (TPSA) is 86.5 Å². The number of hydrogen-bond donors (Lipinski definition) is 0. The monoisotopic (exact) mass is 257 g/mol. The van der Waals surface area contributed by atoms with Gasteiger partial charge >= 0.3 is 0 Å². The Labute approximate surface area is 98.3 Å². The van der Waals surface area contributed by atoms with Gasteiger partial charge in [-0.25, -0.2) is 8.42 Å². The molecule has 1 fully saturated rings. The minimum atomic E-state index is -2.97. The van der Waals surface area contributed by atoms with E-state index >= 15 is 0 Å². The van der Waals surface area contributed by atoms with Gasteiger partial charge in [-0.1, -0.05) is 0 Å². The van der Waals surface area contributed by atoms with Gasteiger partial charge in [-0.2, -0.15) is 0 Å². The Hall–Kier alpha value is -1.63. The maximum atomic E-state index is 11.2. The number of sulfone groups is 1. The van der Waals surface area contributed by atoms with Gasteiger partial charge in [0.2, 0.25) is 0 Å². The molecule has 0 amide bonds. The first-order valence-electron chi connectivity index (χ1n) is 5.08. The normalized spacial score (nSPS) is 22.2. The summed E-state index contributed by atoms with van der Waals surface area (Å²) in [6.07, 6.45) is 0.126. The second-order valence-electron chi connectivity index (χ2n) is 3.89. The molecule has 2 rings (SSSR count). The molecule has 0 N–H and O–H groups in total. The van der Waals surface area contributed by atoms with E-state index in [4.69, 9.17) is 4.74 Å². The van der Waals surface area contributed by atoms with E-state index in [1.54, 1.807) is 0 Å². The predicted molar refractivity (Wildman–Crippen MR) is 60.8 cm³/mol. The SMILES string of the molecule is O=[N+]([O-])c1ccc(O[C@@H]2CCS(=O)(=O)C2)cc1. The first kappa shape index (κ1) is 11.8. The van der Waals surface area contributed by atoms with Crippen molar-refractivity contribution in [3.8, 4) is 5.75 Å². The number of ether oxygens (including phenoxy) is 1. The van der Waals surface area contributed by atoms with Crippen LogP contribution in [0, 0.1) is 10.1 Å². The highest BCUT2D eigenvalue weighted by atomic mass is 32.2. The molecule has 0 spiro atoms. The van der Waals surface area contributed by atoms with Crippen molar-refractivity contribution in [2.75, 3.05) is 11.5 Å². The molecule has 1 aromatic rings. The van der Waals surface area contributed by atoms with Crippen LogP contribution in [0.2, 0.25) is 0 Å². The van der Waals surface area contributed by atoms with Crippen molar-refractivity contribution in [3.63, 3.8) is 0 Å².